The van der Waals surface area contributed by atoms with Crippen LogP contribution in [0.1, 0.15) is 62.3 Å². The molecule has 1 aliphatic carbocycles. The van der Waals surface area contributed by atoms with Crippen molar-refractivity contribution in [1.29, 1.82) is 0 Å². The Labute approximate surface area is 338 Å². The third-order valence-electron chi connectivity index (χ3n) is 10.7. The first kappa shape index (κ1) is 42.0. The van der Waals surface area contributed by atoms with Gasteiger partial charge in [0.15, 0.2) is 12.6 Å². The number of nitrogens with zero attached hydrogens (tertiary/aromatic N) is 1. The lowest BCUT2D eigenvalue weighted by Gasteiger charge is -2.49. The van der Waals surface area contributed by atoms with Gasteiger partial charge in [-0.05, 0) is 44.4 Å². The molecule has 0 radical (unpaired) electrons. The van der Waals surface area contributed by atoms with Crippen LogP contribution in [0.25, 0.3) is 6.08 Å². The van der Waals surface area contributed by atoms with E-state index in [9.17, 15) is 37.5 Å². The third-order valence-corrected chi connectivity index (χ3v) is 10.7. The number of benzene rings is 3. The molecule has 3 heterocycles. The normalized spacial score (nSPS) is 26.5. The number of aliphatic hydroxyl groups is 1. The Balaban J connectivity index is 1.24. The third kappa shape index (κ3) is 8.64. The first-order valence-corrected chi connectivity index (χ1v) is 19.3. The maximum atomic E-state index is 15.0. The maximum Gasteiger partial charge on any atom is 0.422 e. The summed E-state index contributed by atoms with van der Waals surface area (Å²) < 4.78 is 67.7. The molecule has 59 heavy (non-hydrogen) atoms. The number of hydrogen-bond donors (Lipinski definition) is 2. The van der Waals surface area contributed by atoms with E-state index in [0.29, 0.717) is 22.3 Å². The molecule has 314 valence electrons. The number of hydroxylamine groups is 2. The van der Waals surface area contributed by atoms with E-state index >= 15 is 0 Å². The quantitative estimate of drug-likeness (QED) is 0.137. The van der Waals surface area contributed by atoms with Crippen molar-refractivity contribution in [3.05, 3.63) is 113 Å². The molecule has 3 aromatic carbocycles. The van der Waals surface area contributed by atoms with E-state index in [0.717, 1.165) is 6.08 Å². The molecule has 3 aliphatic heterocycles. The Morgan fingerprint density at radius 2 is 1.58 bits per heavy atom. The van der Waals surface area contributed by atoms with Gasteiger partial charge < -0.3 is 34.1 Å². The minimum Gasteiger partial charge on any atom is -0.460 e. The lowest BCUT2D eigenvalue weighted by atomic mass is 9.62. The number of esters is 3. The van der Waals surface area contributed by atoms with Crippen LogP contribution in [0.15, 0.2) is 91.0 Å². The topological polar surface area (TPSA) is 159 Å². The lowest BCUT2D eigenvalue weighted by molar-refractivity contribution is -0.213. The molecule has 4 aliphatic rings. The van der Waals surface area contributed by atoms with Gasteiger partial charge in [-0.1, -0.05) is 84.9 Å². The van der Waals surface area contributed by atoms with Crippen LogP contribution in [0.4, 0.5) is 13.2 Å². The van der Waals surface area contributed by atoms with E-state index < -0.39 is 96.5 Å². The summed E-state index contributed by atoms with van der Waals surface area (Å²) in [6.45, 7) is 2.75. The summed E-state index contributed by atoms with van der Waals surface area (Å²) in [5.74, 6) is -4.66. The summed E-state index contributed by atoms with van der Waals surface area (Å²) in [7, 11) is 0. The van der Waals surface area contributed by atoms with Crippen molar-refractivity contribution in [2.24, 2.45) is 5.41 Å². The largest absolute Gasteiger partial charge is 0.460 e. The number of ether oxygens (including phenoxy) is 5. The van der Waals surface area contributed by atoms with Crippen molar-refractivity contribution in [2.75, 3.05) is 13.2 Å². The summed E-state index contributed by atoms with van der Waals surface area (Å²) in [6.07, 6.45) is -6.76. The molecule has 1 amide bonds. The lowest BCUT2D eigenvalue weighted by Crippen LogP contribution is -2.70. The molecule has 3 aromatic rings. The number of halogens is 3. The fourth-order valence-electron chi connectivity index (χ4n) is 8.27. The SMILES string of the molecule is CC(C)(C)OC(=O)CC[C@@H](CO)NC(=O)[C@@]12C[C@H]3OC(=O)[C@@H]1N(Cc1ccccc1C=CC(=O)OCC(F)(F)F)O[C@@H]2[C@H]1OC(c2ccccc2)(c2ccccc2)O[C@H]13. The highest BCUT2D eigenvalue weighted by molar-refractivity contribution is 5.94. The molecule has 0 spiro atoms. The zero-order valence-electron chi connectivity index (χ0n) is 32.6. The molecule has 4 fully saturated rings. The maximum absolute atomic E-state index is 15.0. The average Bonchev–Trinajstić information content (AvgIpc) is 3.78. The van der Waals surface area contributed by atoms with Crippen LogP contribution < -0.4 is 5.32 Å². The van der Waals surface area contributed by atoms with Crippen LogP contribution in [0, 0.1) is 5.41 Å². The molecular weight excluding hydrogens is 777 g/mol. The summed E-state index contributed by atoms with van der Waals surface area (Å²) in [4.78, 5) is 60.7. The van der Waals surface area contributed by atoms with Gasteiger partial charge in [-0.3, -0.25) is 19.2 Å². The first-order valence-electron chi connectivity index (χ1n) is 19.3. The van der Waals surface area contributed by atoms with Crippen molar-refractivity contribution < 1.29 is 66.0 Å². The van der Waals surface area contributed by atoms with Crippen LogP contribution in [0.3, 0.4) is 0 Å². The van der Waals surface area contributed by atoms with Crippen LogP contribution in [-0.2, 0) is 60.0 Å². The van der Waals surface area contributed by atoms with Crippen LogP contribution in [-0.4, -0.2) is 95.5 Å². The van der Waals surface area contributed by atoms with E-state index in [4.69, 9.17) is 23.8 Å². The predicted octanol–water partition coefficient (Wildman–Crippen LogP) is 4.89. The fraction of sp³-hybridized carbons (Fsp3) is 0.442. The summed E-state index contributed by atoms with van der Waals surface area (Å²) >= 11 is 0. The Kier molecular flexibility index (Phi) is 11.7. The molecule has 16 heteroatoms. The average molecular weight is 823 g/mol. The highest BCUT2D eigenvalue weighted by Gasteiger charge is 2.76. The minimum atomic E-state index is -4.70. The second-order valence-corrected chi connectivity index (χ2v) is 16.0. The van der Waals surface area contributed by atoms with Crippen LogP contribution in [0.5, 0.6) is 0 Å². The predicted molar refractivity (Wildman–Crippen MR) is 201 cm³/mol. The standard InChI is InChI=1S/C43H45F3N2O11/c1-40(2,3)56-33(51)21-19-30(24-49)47-39(53)41-22-31-34-35(58-43(57-34,28-14-6-4-7-15-28)29-16-8-5-9-17-29)37(41)59-48(36(41)38(52)55-31)23-27-13-11-10-12-26(27)18-20-32(50)54-25-42(44,45)46/h4-18,20,30-31,34-37,49H,19,21-25H2,1-3H3,(H,47,53)/t30-,31+,34-,35-,36-,37+,41-/m0/s1. The Morgan fingerprint density at radius 1 is 0.949 bits per heavy atom. The van der Waals surface area contributed by atoms with Gasteiger partial charge in [-0.2, -0.15) is 18.2 Å². The van der Waals surface area contributed by atoms with Gasteiger partial charge in [0.25, 0.3) is 0 Å². The molecule has 0 unspecified atom stereocenters. The Bertz CT molecular complexity index is 2020. The number of nitrogens with one attached hydrogen (secondary N) is 1. The van der Waals surface area contributed by atoms with Crippen molar-refractivity contribution >= 4 is 29.9 Å². The van der Waals surface area contributed by atoms with Crippen molar-refractivity contribution in [1.82, 2.24) is 10.4 Å². The minimum absolute atomic E-state index is 0.0307. The molecule has 3 saturated heterocycles. The Hall–Kier alpha value is -5.13. The molecule has 1 saturated carbocycles. The van der Waals surface area contributed by atoms with Crippen molar-refractivity contribution in [3.63, 3.8) is 0 Å². The number of carbonyl (C=O) groups is 4. The number of aliphatic hydroxyl groups excluding tert-OH is 1. The molecule has 7 atom stereocenters. The van der Waals surface area contributed by atoms with Gasteiger partial charge in [0.2, 0.25) is 11.7 Å². The molecule has 13 nitrogen and oxygen atoms in total. The monoisotopic (exact) mass is 822 g/mol. The van der Waals surface area contributed by atoms with Crippen molar-refractivity contribution in [3.8, 4) is 0 Å². The van der Waals surface area contributed by atoms with Crippen LogP contribution >= 0.6 is 0 Å². The van der Waals surface area contributed by atoms with Crippen molar-refractivity contribution in [2.45, 2.75) is 101 Å². The van der Waals surface area contributed by atoms with Crippen LogP contribution in [0.2, 0.25) is 0 Å². The summed E-state index contributed by atoms with van der Waals surface area (Å²) in [5.41, 5.74) is -0.271. The number of amides is 1. The second-order valence-electron chi connectivity index (χ2n) is 16.0. The van der Waals surface area contributed by atoms with Gasteiger partial charge in [0.1, 0.15) is 35.4 Å². The highest BCUT2D eigenvalue weighted by Crippen LogP contribution is 2.59. The highest BCUT2D eigenvalue weighted by atomic mass is 19.4. The molecule has 2 N–H and O–H groups in total. The van der Waals surface area contributed by atoms with E-state index in [-0.39, 0.29) is 25.8 Å². The van der Waals surface area contributed by atoms with Gasteiger partial charge in [-0.15, -0.1) is 0 Å². The number of fused-ring (bicyclic) bond motifs is 4. The number of alkyl halides is 3. The Morgan fingerprint density at radius 3 is 2.20 bits per heavy atom. The van der Waals surface area contributed by atoms with E-state index in [1.807, 2.05) is 60.7 Å². The fourth-order valence-corrected chi connectivity index (χ4v) is 8.27. The molecular formula is C43H45F3N2O11. The smallest absolute Gasteiger partial charge is 0.422 e. The number of carbonyl (C=O) groups excluding carboxylic acids is 4. The van der Waals surface area contributed by atoms with E-state index in [1.54, 1.807) is 45.0 Å². The van der Waals surface area contributed by atoms with Gasteiger partial charge in [0.05, 0.1) is 19.2 Å². The van der Waals surface area contributed by atoms with Gasteiger partial charge in [0, 0.05) is 30.0 Å². The van der Waals surface area contributed by atoms with Gasteiger partial charge in [-0.25, -0.2) is 4.79 Å². The van der Waals surface area contributed by atoms with Gasteiger partial charge >= 0.3 is 24.1 Å². The second kappa shape index (κ2) is 16.5. The number of rotatable bonds is 13. The van der Waals surface area contributed by atoms with E-state index in [2.05, 4.69) is 10.1 Å². The molecule has 0 aromatic heterocycles. The zero-order chi connectivity index (χ0) is 42.2. The van der Waals surface area contributed by atoms with E-state index in [1.165, 1.54) is 11.1 Å². The molecule has 2 bridgehead atoms. The summed E-state index contributed by atoms with van der Waals surface area (Å²) in [5, 5.41) is 14.6. The number of hydrogen-bond acceptors (Lipinski definition) is 12. The zero-order valence-corrected chi connectivity index (χ0v) is 32.6. The first-order chi connectivity index (χ1) is 28.0. The molecule has 7 rings (SSSR count). The summed E-state index contributed by atoms with van der Waals surface area (Å²) in [6, 6.07) is 22.7.